The topological polar surface area (TPSA) is 21.6 Å². The molecule has 0 saturated carbocycles. The summed E-state index contributed by atoms with van der Waals surface area (Å²) < 4.78 is 18.5. The van der Waals surface area contributed by atoms with Gasteiger partial charge in [-0.3, -0.25) is 0 Å². The fourth-order valence-corrected chi connectivity index (χ4v) is 2.18. The summed E-state index contributed by atoms with van der Waals surface area (Å²) in [6.07, 6.45) is 0. The van der Waals surface area contributed by atoms with E-state index in [4.69, 9.17) is 4.74 Å². The molecule has 0 aliphatic carbocycles. The van der Waals surface area contributed by atoms with Crippen molar-refractivity contribution in [2.75, 3.05) is 7.11 Å². The van der Waals surface area contributed by atoms with E-state index in [1.165, 1.54) is 11.3 Å². The highest BCUT2D eigenvalue weighted by Crippen LogP contribution is 2.22. The Balaban J connectivity index is 2.36. The van der Waals surface area contributed by atoms with Gasteiger partial charge in [0.25, 0.3) is 0 Å². The van der Waals surface area contributed by atoms with Crippen molar-refractivity contribution >= 4 is 22.7 Å². The highest BCUT2D eigenvalue weighted by atomic mass is 32.1. The molecule has 0 amide bonds. The molecule has 1 aromatic carbocycles. The zero-order valence-corrected chi connectivity index (χ0v) is 10.7. The second-order valence-corrected chi connectivity index (χ2v) is 4.49. The number of halogens is 1. The number of rotatable bonds is 4. The van der Waals surface area contributed by atoms with Crippen LogP contribution >= 0.6 is 11.3 Å². The molecule has 0 aliphatic heterocycles. The second-order valence-electron chi connectivity index (χ2n) is 3.54. The van der Waals surface area contributed by atoms with Crippen molar-refractivity contribution in [2.45, 2.75) is 0 Å². The summed E-state index contributed by atoms with van der Waals surface area (Å²) in [7, 11) is 1.60. The molecule has 0 aliphatic rings. The molecule has 0 N–H and O–H groups in total. The molecule has 0 fully saturated rings. The van der Waals surface area contributed by atoms with Gasteiger partial charge >= 0.3 is 0 Å². The van der Waals surface area contributed by atoms with Gasteiger partial charge in [-0.1, -0.05) is 12.6 Å². The quantitative estimate of drug-likeness (QED) is 0.749. The maximum Gasteiger partial charge on any atom is 0.143 e. The van der Waals surface area contributed by atoms with Crippen LogP contribution < -0.4 is 4.74 Å². The summed E-state index contributed by atoms with van der Waals surface area (Å²) in [5.41, 5.74) is 0.938. The Labute approximate surface area is 109 Å². The lowest BCUT2D eigenvalue weighted by molar-refractivity contribution is 0.415. The number of methoxy groups -OCH3 is 1. The molecule has 0 saturated heterocycles. The largest absolute Gasteiger partial charge is 0.497 e. The highest BCUT2D eigenvalue weighted by molar-refractivity contribution is 7.12. The number of ether oxygens (including phenoxy) is 1. The molecule has 0 radical (unpaired) electrons. The van der Waals surface area contributed by atoms with E-state index < -0.39 is 5.83 Å². The third-order valence-electron chi connectivity index (χ3n) is 2.32. The Hall–Kier alpha value is -1.94. The molecule has 2 nitrogen and oxygen atoms in total. The first-order valence-electron chi connectivity index (χ1n) is 5.32. The first-order chi connectivity index (χ1) is 8.70. The molecular weight excluding hydrogens is 249 g/mol. The van der Waals surface area contributed by atoms with E-state index in [9.17, 15) is 4.39 Å². The van der Waals surface area contributed by atoms with Crippen LogP contribution in [0, 0.1) is 0 Å². The van der Waals surface area contributed by atoms with Gasteiger partial charge in [-0.2, -0.15) is 0 Å². The van der Waals surface area contributed by atoms with Crippen molar-refractivity contribution in [3.05, 3.63) is 59.1 Å². The SMILES string of the molecule is C=C(F)C(=Nc1ccc(OC)cc1)c1cccs1. The number of nitrogens with zero attached hydrogens (tertiary/aromatic N) is 1. The molecule has 4 heteroatoms. The maximum absolute atomic E-state index is 13.4. The first kappa shape index (κ1) is 12.5. The normalized spacial score (nSPS) is 11.3. The number of benzene rings is 1. The minimum absolute atomic E-state index is 0.273. The lowest BCUT2D eigenvalue weighted by Gasteiger charge is -2.02. The number of hydrogen-bond donors (Lipinski definition) is 0. The van der Waals surface area contributed by atoms with Crippen LogP contribution in [-0.2, 0) is 0 Å². The van der Waals surface area contributed by atoms with Gasteiger partial charge in [0.05, 0.1) is 17.7 Å². The van der Waals surface area contributed by atoms with Crippen molar-refractivity contribution < 1.29 is 9.13 Å². The molecule has 2 rings (SSSR count). The van der Waals surface area contributed by atoms with Crippen molar-refractivity contribution in [1.82, 2.24) is 0 Å². The first-order valence-corrected chi connectivity index (χ1v) is 6.20. The molecular formula is C14H12FNOS. The van der Waals surface area contributed by atoms with Gasteiger partial charge in [0.1, 0.15) is 17.3 Å². The second kappa shape index (κ2) is 5.60. The van der Waals surface area contributed by atoms with E-state index in [1.807, 2.05) is 17.5 Å². The van der Waals surface area contributed by atoms with Gasteiger partial charge < -0.3 is 4.74 Å². The Morgan fingerprint density at radius 1 is 1.28 bits per heavy atom. The van der Waals surface area contributed by atoms with Crippen molar-refractivity contribution in [2.24, 2.45) is 4.99 Å². The van der Waals surface area contributed by atoms with Crippen LogP contribution in [-0.4, -0.2) is 12.8 Å². The summed E-state index contributed by atoms with van der Waals surface area (Å²) in [6.45, 7) is 3.33. The third-order valence-corrected chi connectivity index (χ3v) is 3.20. The highest BCUT2D eigenvalue weighted by Gasteiger charge is 2.09. The number of allylic oxidation sites excluding steroid dienone is 1. The molecule has 2 aromatic rings. The van der Waals surface area contributed by atoms with Crippen LogP contribution in [0.4, 0.5) is 10.1 Å². The number of thiophene rings is 1. The van der Waals surface area contributed by atoms with Gasteiger partial charge in [0.2, 0.25) is 0 Å². The Bertz CT molecular complexity index is 558. The van der Waals surface area contributed by atoms with E-state index in [0.717, 1.165) is 10.6 Å². The average molecular weight is 261 g/mol. The molecule has 0 atom stereocenters. The average Bonchev–Trinajstić information content (AvgIpc) is 2.90. The van der Waals surface area contributed by atoms with Gasteiger partial charge in [-0.15, -0.1) is 11.3 Å². The van der Waals surface area contributed by atoms with Crippen molar-refractivity contribution in [3.63, 3.8) is 0 Å². The minimum atomic E-state index is -0.534. The third kappa shape index (κ3) is 2.84. The molecule has 0 unspecified atom stereocenters. The van der Waals surface area contributed by atoms with Crippen molar-refractivity contribution in [3.8, 4) is 5.75 Å². The van der Waals surface area contributed by atoms with Crippen LogP contribution in [0.3, 0.4) is 0 Å². The Kier molecular flexibility index (Phi) is 3.89. The fraction of sp³-hybridized carbons (Fsp3) is 0.0714. The summed E-state index contributed by atoms with van der Waals surface area (Å²) in [5.74, 6) is 0.207. The fourth-order valence-electron chi connectivity index (χ4n) is 1.45. The van der Waals surface area contributed by atoms with Crippen LogP contribution in [0.2, 0.25) is 0 Å². The van der Waals surface area contributed by atoms with Crippen LogP contribution in [0.25, 0.3) is 0 Å². The molecule has 92 valence electrons. The van der Waals surface area contributed by atoms with Gasteiger partial charge in [0.15, 0.2) is 0 Å². The zero-order valence-electron chi connectivity index (χ0n) is 9.89. The Morgan fingerprint density at radius 3 is 2.50 bits per heavy atom. The van der Waals surface area contributed by atoms with Gasteiger partial charge in [0, 0.05) is 0 Å². The maximum atomic E-state index is 13.4. The van der Waals surface area contributed by atoms with Crippen LogP contribution in [0.5, 0.6) is 5.75 Å². The number of hydrogen-bond acceptors (Lipinski definition) is 3. The predicted molar refractivity (Wildman–Crippen MR) is 73.8 cm³/mol. The molecule has 0 spiro atoms. The van der Waals surface area contributed by atoms with Gasteiger partial charge in [-0.25, -0.2) is 9.38 Å². The zero-order chi connectivity index (χ0) is 13.0. The smallest absolute Gasteiger partial charge is 0.143 e. The lowest BCUT2D eigenvalue weighted by atomic mass is 10.2. The van der Waals surface area contributed by atoms with Gasteiger partial charge in [-0.05, 0) is 35.7 Å². The summed E-state index contributed by atoms with van der Waals surface area (Å²) in [5, 5.41) is 1.88. The molecule has 1 heterocycles. The summed E-state index contributed by atoms with van der Waals surface area (Å²) >= 11 is 1.43. The minimum Gasteiger partial charge on any atom is -0.497 e. The summed E-state index contributed by atoms with van der Waals surface area (Å²) in [4.78, 5) is 5.04. The van der Waals surface area contributed by atoms with E-state index in [2.05, 4.69) is 11.6 Å². The van der Waals surface area contributed by atoms with E-state index in [1.54, 1.807) is 31.4 Å². The van der Waals surface area contributed by atoms with E-state index in [-0.39, 0.29) is 5.71 Å². The molecule has 1 aromatic heterocycles. The van der Waals surface area contributed by atoms with Crippen LogP contribution in [0.15, 0.2) is 59.2 Å². The monoisotopic (exact) mass is 261 g/mol. The predicted octanol–water partition coefficient (Wildman–Crippen LogP) is 4.36. The van der Waals surface area contributed by atoms with E-state index >= 15 is 0 Å². The van der Waals surface area contributed by atoms with Crippen LogP contribution in [0.1, 0.15) is 4.88 Å². The summed E-state index contributed by atoms with van der Waals surface area (Å²) in [6, 6.07) is 10.8. The number of aliphatic imine (C=N–C) groups is 1. The molecule has 18 heavy (non-hydrogen) atoms. The Morgan fingerprint density at radius 2 is 2.00 bits per heavy atom. The van der Waals surface area contributed by atoms with E-state index in [0.29, 0.717) is 5.69 Å². The lowest BCUT2D eigenvalue weighted by Crippen LogP contribution is -1.97. The standard InChI is InChI=1S/C14H12FNOS/c1-10(15)14(13-4-3-9-18-13)16-11-5-7-12(17-2)8-6-11/h3-9H,1H2,2H3. The molecule has 0 bridgehead atoms. The van der Waals surface area contributed by atoms with Crippen molar-refractivity contribution in [1.29, 1.82) is 0 Å².